The average Bonchev–Trinajstić information content (AvgIpc) is 2.64. The van der Waals surface area contributed by atoms with Gasteiger partial charge in [0, 0.05) is 12.2 Å². The first kappa shape index (κ1) is 18.3. The number of benzene rings is 2. The molecule has 2 aromatic rings. The Kier molecular flexibility index (Phi) is 5.47. The second kappa shape index (κ2) is 7.79. The lowest BCUT2D eigenvalue weighted by Crippen LogP contribution is -2.39. The van der Waals surface area contributed by atoms with Gasteiger partial charge in [-0.3, -0.25) is 9.69 Å². The fourth-order valence-electron chi connectivity index (χ4n) is 2.92. The van der Waals surface area contributed by atoms with Crippen LogP contribution in [-0.2, 0) is 11.3 Å². The van der Waals surface area contributed by atoms with Crippen molar-refractivity contribution in [2.45, 2.75) is 33.4 Å². The van der Waals surface area contributed by atoms with Gasteiger partial charge in [0.15, 0.2) is 11.5 Å². The first-order valence-electron chi connectivity index (χ1n) is 8.91. The Morgan fingerprint density at radius 1 is 1.12 bits per heavy atom. The summed E-state index contributed by atoms with van der Waals surface area (Å²) in [5.41, 5.74) is 4.14. The van der Waals surface area contributed by atoms with Crippen LogP contribution < -0.4 is 14.8 Å². The van der Waals surface area contributed by atoms with Gasteiger partial charge in [0.05, 0.1) is 6.04 Å². The molecule has 0 saturated heterocycles. The number of nitrogens with zero attached hydrogens (tertiary/aromatic N) is 1. The van der Waals surface area contributed by atoms with E-state index in [4.69, 9.17) is 9.47 Å². The molecule has 0 radical (unpaired) electrons. The zero-order valence-corrected chi connectivity index (χ0v) is 15.8. The molecule has 1 heterocycles. The number of aryl methyl sites for hydroxylation is 2. The molecule has 0 aliphatic carbocycles. The molecule has 5 nitrogen and oxygen atoms in total. The molecule has 0 saturated carbocycles. The van der Waals surface area contributed by atoms with Crippen LogP contribution in [0.5, 0.6) is 11.5 Å². The smallest absolute Gasteiger partial charge is 0.241 e. The first-order chi connectivity index (χ1) is 12.4. The molecule has 0 spiro atoms. The first-order valence-corrected chi connectivity index (χ1v) is 8.91. The van der Waals surface area contributed by atoms with E-state index < -0.39 is 0 Å². The van der Waals surface area contributed by atoms with Gasteiger partial charge in [-0.05, 0) is 62.7 Å². The number of hydrogen-bond donors (Lipinski definition) is 1. The maximum absolute atomic E-state index is 12.6. The van der Waals surface area contributed by atoms with Crippen molar-refractivity contribution in [3.8, 4) is 11.5 Å². The lowest BCUT2D eigenvalue weighted by Gasteiger charge is -2.25. The SMILES string of the molecule is Cc1ccc(C)c(NC(=O)C(C)N(C)Cc2ccc3c(c2)OCCO3)c1. The summed E-state index contributed by atoms with van der Waals surface area (Å²) in [5, 5.41) is 3.04. The topological polar surface area (TPSA) is 50.8 Å². The highest BCUT2D eigenvalue weighted by Crippen LogP contribution is 2.31. The number of anilines is 1. The monoisotopic (exact) mass is 354 g/mol. The van der Waals surface area contributed by atoms with Crippen LogP contribution in [0.3, 0.4) is 0 Å². The number of carbonyl (C=O) groups is 1. The zero-order valence-electron chi connectivity index (χ0n) is 15.8. The minimum atomic E-state index is -0.261. The van der Waals surface area contributed by atoms with Crippen LogP contribution in [0.2, 0.25) is 0 Å². The van der Waals surface area contributed by atoms with Crippen molar-refractivity contribution in [1.82, 2.24) is 4.90 Å². The van der Waals surface area contributed by atoms with Crippen LogP contribution in [0, 0.1) is 13.8 Å². The Bertz CT molecular complexity index is 804. The summed E-state index contributed by atoms with van der Waals surface area (Å²) >= 11 is 0. The quantitative estimate of drug-likeness (QED) is 0.892. The summed E-state index contributed by atoms with van der Waals surface area (Å²) in [6.07, 6.45) is 0. The molecule has 1 amide bonds. The largest absolute Gasteiger partial charge is 0.486 e. The van der Waals surface area contributed by atoms with E-state index >= 15 is 0 Å². The second-order valence-corrected chi connectivity index (χ2v) is 6.88. The van der Waals surface area contributed by atoms with Crippen molar-refractivity contribution in [3.05, 3.63) is 53.1 Å². The summed E-state index contributed by atoms with van der Waals surface area (Å²) in [5.74, 6) is 1.54. The van der Waals surface area contributed by atoms with Crippen molar-refractivity contribution >= 4 is 11.6 Å². The molecule has 1 unspecified atom stereocenters. The van der Waals surface area contributed by atoms with Gasteiger partial charge in [-0.1, -0.05) is 18.2 Å². The van der Waals surface area contributed by atoms with Crippen molar-refractivity contribution in [2.24, 2.45) is 0 Å². The molecule has 3 rings (SSSR count). The molecular formula is C21H26N2O3. The summed E-state index contributed by atoms with van der Waals surface area (Å²) in [4.78, 5) is 14.7. The predicted molar refractivity (Wildman–Crippen MR) is 103 cm³/mol. The number of amides is 1. The average molecular weight is 354 g/mol. The van der Waals surface area contributed by atoms with E-state index in [9.17, 15) is 4.79 Å². The highest BCUT2D eigenvalue weighted by atomic mass is 16.6. The third kappa shape index (κ3) is 4.17. The van der Waals surface area contributed by atoms with E-state index in [1.807, 2.05) is 69.1 Å². The molecule has 0 aromatic heterocycles. The molecule has 1 N–H and O–H groups in total. The van der Waals surface area contributed by atoms with E-state index in [0.29, 0.717) is 19.8 Å². The van der Waals surface area contributed by atoms with E-state index in [1.54, 1.807) is 0 Å². The van der Waals surface area contributed by atoms with Crippen molar-refractivity contribution in [3.63, 3.8) is 0 Å². The van der Waals surface area contributed by atoms with Gasteiger partial charge in [0.1, 0.15) is 13.2 Å². The van der Waals surface area contributed by atoms with Gasteiger partial charge >= 0.3 is 0 Å². The summed E-state index contributed by atoms with van der Waals surface area (Å²) in [7, 11) is 1.95. The molecule has 1 aliphatic heterocycles. The number of ether oxygens (including phenoxy) is 2. The third-order valence-electron chi connectivity index (χ3n) is 4.73. The summed E-state index contributed by atoms with van der Waals surface area (Å²) in [6, 6.07) is 11.7. The van der Waals surface area contributed by atoms with E-state index in [-0.39, 0.29) is 11.9 Å². The van der Waals surface area contributed by atoms with Gasteiger partial charge < -0.3 is 14.8 Å². The van der Waals surface area contributed by atoms with E-state index in [2.05, 4.69) is 5.32 Å². The predicted octanol–water partition coefficient (Wildman–Crippen LogP) is 3.53. The Hall–Kier alpha value is -2.53. The van der Waals surface area contributed by atoms with E-state index in [1.165, 1.54) is 0 Å². The normalized spacial score (nSPS) is 14.2. The Morgan fingerprint density at radius 2 is 1.85 bits per heavy atom. The van der Waals surface area contributed by atoms with E-state index in [0.717, 1.165) is 33.9 Å². The molecule has 26 heavy (non-hydrogen) atoms. The summed E-state index contributed by atoms with van der Waals surface area (Å²) < 4.78 is 11.2. The third-order valence-corrected chi connectivity index (χ3v) is 4.73. The number of rotatable bonds is 5. The van der Waals surface area contributed by atoms with Crippen LogP contribution in [0.1, 0.15) is 23.6 Å². The summed E-state index contributed by atoms with van der Waals surface area (Å²) in [6.45, 7) is 7.74. The van der Waals surface area contributed by atoms with Crippen molar-refractivity contribution < 1.29 is 14.3 Å². The standard InChI is InChI=1S/C21H26N2O3/c1-14-5-6-15(2)18(11-14)22-21(24)16(3)23(4)13-17-7-8-19-20(12-17)26-10-9-25-19/h5-8,11-12,16H,9-10,13H2,1-4H3,(H,22,24). The maximum atomic E-state index is 12.6. The molecule has 0 bridgehead atoms. The molecular weight excluding hydrogens is 328 g/mol. The van der Waals surface area contributed by atoms with Crippen LogP contribution >= 0.6 is 0 Å². The van der Waals surface area contributed by atoms with Crippen LogP contribution in [-0.4, -0.2) is 37.1 Å². The Morgan fingerprint density at radius 3 is 2.62 bits per heavy atom. The number of carbonyl (C=O) groups excluding carboxylic acids is 1. The van der Waals surface area contributed by atoms with Crippen molar-refractivity contribution in [2.75, 3.05) is 25.6 Å². The van der Waals surface area contributed by atoms with Gasteiger partial charge in [-0.25, -0.2) is 0 Å². The van der Waals surface area contributed by atoms with Crippen LogP contribution in [0.15, 0.2) is 36.4 Å². The number of likely N-dealkylation sites (N-methyl/N-ethyl adjacent to an activating group) is 1. The molecule has 0 fully saturated rings. The molecule has 138 valence electrons. The number of nitrogens with one attached hydrogen (secondary N) is 1. The lowest BCUT2D eigenvalue weighted by atomic mass is 10.1. The van der Waals surface area contributed by atoms with Gasteiger partial charge in [-0.2, -0.15) is 0 Å². The fourth-order valence-corrected chi connectivity index (χ4v) is 2.92. The lowest BCUT2D eigenvalue weighted by molar-refractivity contribution is -0.120. The van der Waals surface area contributed by atoms with Crippen LogP contribution in [0.25, 0.3) is 0 Å². The number of fused-ring (bicyclic) bond motifs is 1. The van der Waals surface area contributed by atoms with Gasteiger partial charge in [-0.15, -0.1) is 0 Å². The van der Waals surface area contributed by atoms with Crippen molar-refractivity contribution in [1.29, 1.82) is 0 Å². The second-order valence-electron chi connectivity index (χ2n) is 6.88. The zero-order chi connectivity index (χ0) is 18.7. The number of hydrogen-bond acceptors (Lipinski definition) is 4. The fraction of sp³-hybridized carbons (Fsp3) is 0.381. The molecule has 1 aliphatic rings. The Balaban J connectivity index is 1.64. The molecule has 5 heteroatoms. The van der Waals surface area contributed by atoms with Gasteiger partial charge in [0.25, 0.3) is 0 Å². The van der Waals surface area contributed by atoms with Crippen LogP contribution in [0.4, 0.5) is 5.69 Å². The minimum Gasteiger partial charge on any atom is -0.486 e. The highest BCUT2D eigenvalue weighted by molar-refractivity contribution is 5.95. The Labute approximate surface area is 154 Å². The molecule has 2 aromatic carbocycles. The minimum absolute atomic E-state index is 0.0151. The maximum Gasteiger partial charge on any atom is 0.241 e. The highest BCUT2D eigenvalue weighted by Gasteiger charge is 2.20. The molecule has 1 atom stereocenters. The van der Waals surface area contributed by atoms with Gasteiger partial charge in [0.2, 0.25) is 5.91 Å².